The van der Waals surface area contributed by atoms with E-state index in [0.29, 0.717) is 17.9 Å². The number of para-hydroxylation sites is 1. The number of nitro benzene ring substituents is 1. The van der Waals surface area contributed by atoms with Crippen LogP contribution >= 0.6 is 11.3 Å². The van der Waals surface area contributed by atoms with Crippen LogP contribution in [0.1, 0.15) is 16.3 Å². The monoisotopic (exact) mass is 413 g/mol. The lowest BCUT2D eigenvalue weighted by atomic mass is 10.2. The van der Waals surface area contributed by atoms with Crippen molar-refractivity contribution in [2.45, 2.75) is 13.5 Å². The molecule has 1 N–H and O–H groups in total. The Balaban J connectivity index is 1.69. The summed E-state index contributed by atoms with van der Waals surface area (Å²) in [4.78, 5) is 26.6. The number of nitrogens with zero attached hydrogens (tertiary/aromatic N) is 2. The molecule has 0 atom stereocenters. The molecule has 1 aromatic heterocycles. The van der Waals surface area contributed by atoms with Crippen molar-refractivity contribution in [3.8, 4) is 5.75 Å². The van der Waals surface area contributed by atoms with Crippen LogP contribution in [0.25, 0.3) is 6.08 Å². The zero-order chi connectivity index (χ0) is 20.8. The summed E-state index contributed by atoms with van der Waals surface area (Å²) in [5.41, 5.74) is 0.873. The van der Waals surface area contributed by atoms with Gasteiger partial charge in [0.2, 0.25) is 5.91 Å². The van der Waals surface area contributed by atoms with Crippen molar-refractivity contribution in [2.75, 3.05) is 5.32 Å². The molecule has 29 heavy (non-hydrogen) atoms. The lowest BCUT2D eigenvalue weighted by Gasteiger charge is -2.08. The van der Waals surface area contributed by atoms with Gasteiger partial charge in [0.1, 0.15) is 18.2 Å². The number of nitro groups is 1. The molecule has 1 amide bonds. The summed E-state index contributed by atoms with van der Waals surface area (Å²) in [5.74, 6) is -0.835. The number of halogens is 1. The van der Waals surface area contributed by atoms with Crippen LogP contribution in [0.15, 0.2) is 53.9 Å². The number of carbonyl (C=O) groups is 1. The quantitative estimate of drug-likeness (QED) is 0.343. The third-order valence-corrected chi connectivity index (χ3v) is 4.62. The molecule has 2 aromatic carbocycles. The average Bonchev–Trinajstić information content (AvgIpc) is 3.12. The van der Waals surface area contributed by atoms with Gasteiger partial charge in [-0.1, -0.05) is 18.2 Å². The Labute approximate surface area is 169 Å². The standard InChI is InChI=1S/C20H16FN3O4S/c1-13-22-15(12-29-13)11-28-19-5-3-2-4-14(19)6-9-20(25)23-18-10-16(24(26)27)7-8-17(18)21/h2-10,12H,11H2,1H3,(H,23,25)/b9-6+. The fraction of sp³-hybridized carbons (Fsp3) is 0.100. The summed E-state index contributed by atoms with van der Waals surface area (Å²) in [6.45, 7) is 2.20. The Hall–Kier alpha value is -3.59. The highest BCUT2D eigenvalue weighted by molar-refractivity contribution is 7.09. The fourth-order valence-electron chi connectivity index (χ4n) is 2.44. The predicted molar refractivity (Wildman–Crippen MR) is 108 cm³/mol. The topological polar surface area (TPSA) is 94.4 Å². The molecule has 148 valence electrons. The maximum absolute atomic E-state index is 13.8. The summed E-state index contributed by atoms with van der Waals surface area (Å²) in [5, 5.41) is 16.0. The van der Waals surface area contributed by atoms with Gasteiger partial charge in [-0.15, -0.1) is 11.3 Å². The third-order valence-electron chi connectivity index (χ3n) is 3.79. The molecule has 3 rings (SSSR count). The number of benzene rings is 2. The van der Waals surface area contributed by atoms with Crippen molar-refractivity contribution in [1.82, 2.24) is 4.98 Å². The smallest absolute Gasteiger partial charge is 0.271 e. The number of hydrogen-bond acceptors (Lipinski definition) is 6. The molecule has 0 saturated carbocycles. The fourth-order valence-corrected chi connectivity index (χ4v) is 3.04. The summed E-state index contributed by atoms with van der Waals surface area (Å²) in [7, 11) is 0. The van der Waals surface area contributed by atoms with E-state index in [1.165, 1.54) is 23.5 Å². The van der Waals surface area contributed by atoms with Crippen LogP contribution in [0.5, 0.6) is 5.75 Å². The first-order chi connectivity index (χ1) is 13.9. The molecule has 0 aliphatic rings. The van der Waals surface area contributed by atoms with Gasteiger partial charge in [0.25, 0.3) is 5.69 Å². The molecular formula is C20H16FN3O4S. The van der Waals surface area contributed by atoms with Crippen molar-refractivity contribution in [3.05, 3.63) is 86.1 Å². The number of aromatic nitrogens is 1. The van der Waals surface area contributed by atoms with Crippen molar-refractivity contribution in [1.29, 1.82) is 0 Å². The minimum absolute atomic E-state index is 0.266. The predicted octanol–water partition coefficient (Wildman–Crippen LogP) is 4.73. The van der Waals surface area contributed by atoms with Gasteiger partial charge in [0.05, 0.1) is 21.3 Å². The normalized spacial score (nSPS) is 10.8. The van der Waals surface area contributed by atoms with Crippen LogP contribution in [0.2, 0.25) is 0 Å². The Bertz CT molecular complexity index is 1080. The molecule has 0 radical (unpaired) electrons. The Morgan fingerprint density at radius 3 is 2.86 bits per heavy atom. The van der Waals surface area contributed by atoms with E-state index >= 15 is 0 Å². The maximum atomic E-state index is 13.8. The number of hydrogen-bond donors (Lipinski definition) is 1. The van der Waals surface area contributed by atoms with Crippen molar-refractivity contribution in [2.24, 2.45) is 0 Å². The van der Waals surface area contributed by atoms with E-state index in [2.05, 4.69) is 10.3 Å². The average molecular weight is 413 g/mol. The molecule has 9 heteroatoms. The first-order valence-corrected chi connectivity index (χ1v) is 9.36. The lowest BCUT2D eigenvalue weighted by Crippen LogP contribution is -2.09. The second-order valence-corrected chi connectivity index (χ2v) is 6.99. The van der Waals surface area contributed by atoms with Gasteiger partial charge >= 0.3 is 0 Å². The SMILES string of the molecule is Cc1nc(COc2ccccc2/C=C/C(=O)Nc2cc([N+](=O)[O-])ccc2F)cs1. The summed E-state index contributed by atoms with van der Waals surface area (Å²) in [6, 6.07) is 10.0. The minimum Gasteiger partial charge on any atom is -0.487 e. The van der Waals surface area contributed by atoms with Gasteiger partial charge in [-0.05, 0) is 25.1 Å². The number of anilines is 1. The van der Waals surface area contributed by atoms with Crippen molar-refractivity contribution < 1.29 is 18.8 Å². The number of rotatable bonds is 7. The number of thiazole rings is 1. The molecule has 0 saturated heterocycles. The largest absolute Gasteiger partial charge is 0.487 e. The molecule has 0 spiro atoms. The Kier molecular flexibility index (Phi) is 6.30. The molecule has 0 fully saturated rings. The summed E-state index contributed by atoms with van der Waals surface area (Å²) in [6.07, 6.45) is 2.72. The highest BCUT2D eigenvalue weighted by Crippen LogP contribution is 2.23. The highest BCUT2D eigenvalue weighted by atomic mass is 32.1. The molecule has 0 bridgehead atoms. The summed E-state index contributed by atoms with van der Waals surface area (Å²) < 4.78 is 19.6. The molecule has 7 nitrogen and oxygen atoms in total. The van der Waals surface area contributed by atoms with E-state index < -0.39 is 16.6 Å². The van der Waals surface area contributed by atoms with E-state index in [1.54, 1.807) is 24.3 Å². The summed E-state index contributed by atoms with van der Waals surface area (Å²) >= 11 is 1.53. The molecule has 3 aromatic rings. The van der Waals surface area contributed by atoms with Crippen LogP contribution < -0.4 is 10.1 Å². The van der Waals surface area contributed by atoms with Crippen LogP contribution in [0, 0.1) is 22.9 Å². The van der Waals surface area contributed by atoms with E-state index in [0.717, 1.165) is 28.9 Å². The molecule has 0 aliphatic carbocycles. The molecular weight excluding hydrogens is 397 g/mol. The van der Waals surface area contributed by atoms with Gasteiger partial charge in [-0.25, -0.2) is 9.37 Å². The number of amides is 1. The van der Waals surface area contributed by atoms with Crippen molar-refractivity contribution >= 4 is 34.7 Å². The number of carbonyl (C=O) groups excluding carboxylic acids is 1. The van der Waals surface area contributed by atoms with E-state index in [9.17, 15) is 19.3 Å². The van der Waals surface area contributed by atoms with Gasteiger partial charge in [0.15, 0.2) is 0 Å². The molecule has 0 aliphatic heterocycles. The van der Waals surface area contributed by atoms with E-state index in [1.807, 2.05) is 12.3 Å². The van der Waals surface area contributed by atoms with Crippen LogP contribution in [-0.2, 0) is 11.4 Å². The second-order valence-electron chi connectivity index (χ2n) is 5.93. The molecule has 0 unspecified atom stereocenters. The number of nitrogens with one attached hydrogen (secondary N) is 1. The number of non-ortho nitro benzene ring substituents is 1. The van der Waals surface area contributed by atoms with Gasteiger partial charge in [0, 0.05) is 29.2 Å². The van der Waals surface area contributed by atoms with Gasteiger partial charge < -0.3 is 10.1 Å². The lowest BCUT2D eigenvalue weighted by molar-refractivity contribution is -0.384. The Morgan fingerprint density at radius 2 is 2.14 bits per heavy atom. The Morgan fingerprint density at radius 1 is 1.34 bits per heavy atom. The first kappa shape index (κ1) is 20.2. The van der Waals surface area contributed by atoms with Crippen LogP contribution in [0.4, 0.5) is 15.8 Å². The van der Waals surface area contributed by atoms with Gasteiger partial charge in [-0.2, -0.15) is 0 Å². The zero-order valence-electron chi connectivity index (χ0n) is 15.3. The van der Waals surface area contributed by atoms with E-state index in [4.69, 9.17) is 4.74 Å². The van der Waals surface area contributed by atoms with Crippen LogP contribution in [-0.4, -0.2) is 15.8 Å². The van der Waals surface area contributed by atoms with E-state index in [-0.39, 0.29) is 11.4 Å². The minimum atomic E-state index is -0.764. The van der Waals surface area contributed by atoms with Crippen LogP contribution in [0.3, 0.4) is 0 Å². The van der Waals surface area contributed by atoms with Gasteiger partial charge in [-0.3, -0.25) is 14.9 Å². The maximum Gasteiger partial charge on any atom is 0.271 e. The second kappa shape index (κ2) is 9.07. The highest BCUT2D eigenvalue weighted by Gasteiger charge is 2.12. The number of aryl methyl sites for hydroxylation is 1. The number of ether oxygens (including phenoxy) is 1. The zero-order valence-corrected chi connectivity index (χ0v) is 16.1. The van der Waals surface area contributed by atoms with Crippen molar-refractivity contribution in [3.63, 3.8) is 0 Å². The molecule has 1 heterocycles. The first-order valence-electron chi connectivity index (χ1n) is 8.48. The third kappa shape index (κ3) is 5.45.